The van der Waals surface area contributed by atoms with Crippen LogP contribution in [0.25, 0.3) is 21.9 Å². The number of rotatable bonds is 3. The predicted octanol–water partition coefficient (Wildman–Crippen LogP) is 5.28. The predicted molar refractivity (Wildman–Crippen MR) is 117 cm³/mol. The van der Waals surface area contributed by atoms with E-state index in [-0.39, 0.29) is 10.8 Å². The van der Waals surface area contributed by atoms with E-state index in [2.05, 4.69) is 87.1 Å². The normalized spacial score (nSPS) is 13.0. The molecule has 4 heterocycles. The lowest BCUT2D eigenvalue weighted by atomic mass is 9.83. The number of aromatic nitrogens is 4. The zero-order chi connectivity index (χ0) is 20.3. The van der Waals surface area contributed by atoms with Gasteiger partial charge < -0.3 is 9.13 Å². The van der Waals surface area contributed by atoms with Gasteiger partial charge in [-0.2, -0.15) is 0 Å². The van der Waals surface area contributed by atoms with Crippen molar-refractivity contribution >= 4 is 21.9 Å². The second-order valence-electron chi connectivity index (χ2n) is 9.67. The molecule has 0 spiro atoms. The van der Waals surface area contributed by atoms with Crippen LogP contribution in [0.5, 0.6) is 0 Å². The van der Waals surface area contributed by atoms with E-state index in [4.69, 9.17) is 4.98 Å². The summed E-state index contributed by atoms with van der Waals surface area (Å²) in [5.74, 6) is 0. The molecule has 0 aliphatic carbocycles. The van der Waals surface area contributed by atoms with Gasteiger partial charge in [0, 0.05) is 60.3 Å². The topological polar surface area (TPSA) is 35.6 Å². The molecule has 0 aromatic carbocycles. The molecule has 0 radical (unpaired) electrons. The van der Waals surface area contributed by atoms with Gasteiger partial charge in [0.05, 0.1) is 16.6 Å². The summed E-state index contributed by atoms with van der Waals surface area (Å²) >= 11 is 0. The highest BCUT2D eigenvalue weighted by molar-refractivity contribution is 5.81. The van der Waals surface area contributed by atoms with Crippen LogP contribution in [0.4, 0.5) is 0 Å². The van der Waals surface area contributed by atoms with Gasteiger partial charge in [-0.3, -0.25) is 9.97 Å². The van der Waals surface area contributed by atoms with Crippen molar-refractivity contribution in [1.82, 2.24) is 19.1 Å². The Bertz CT molecular complexity index is 1170. The quantitative estimate of drug-likeness (QED) is 0.489. The van der Waals surface area contributed by atoms with Crippen LogP contribution in [0.3, 0.4) is 0 Å². The van der Waals surface area contributed by atoms with Crippen molar-refractivity contribution < 1.29 is 0 Å². The van der Waals surface area contributed by atoms with Crippen molar-refractivity contribution in [2.45, 2.75) is 51.9 Å². The number of pyridine rings is 2. The molecule has 0 amide bonds. The Labute approximate surface area is 167 Å². The summed E-state index contributed by atoms with van der Waals surface area (Å²) in [6.07, 6.45) is 6.78. The molecule has 0 unspecified atom stereocenters. The van der Waals surface area contributed by atoms with E-state index in [1.165, 1.54) is 33.4 Å². The summed E-state index contributed by atoms with van der Waals surface area (Å²) in [6.45, 7) is 11.4. The Morgan fingerprint density at radius 3 is 2.25 bits per heavy atom. The zero-order valence-electron chi connectivity index (χ0n) is 18.0. The van der Waals surface area contributed by atoms with Gasteiger partial charge in [-0.15, -0.1) is 0 Å². The molecule has 4 aromatic heterocycles. The average molecular weight is 375 g/mol. The lowest BCUT2D eigenvalue weighted by Crippen LogP contribution is -2.23. The largest absolute Gasteiger partial charge is 0.347 e. The third kappa shape index (κ3) is 3.01. The van der Waals surface area contributed by atoms with E-state index in [0.29, 0.717) is 0 Å². The van der Waals surface area contributed by atoms with E-state index in [9.17, 15) is 0 Å². The molecule has 0 saturated heterocycles. The summed E-state index contributed by atoms with van der Waals surface area (Å²) in [6, 6.07) is 8.89. The van der Waals surface area contributed by atoms with Gasteiger partial charge in [-0.1, -0.05) is 34.6 Å². The van der Waals surface area contributed by atoms with Crippen molar-refractivity contribution in [3.05, 3.63) is 59.8 Å². The maximum absolute atomic E-state index is 4.78. The smallest absolute Gasteiger partial charge is 0.0884 e. The van der Waals surface area contributed by atoms with Gasteiger partial charge in [-0.05, 0) is 36.2 Å². The third-order valence-corrected chi connectivity index (χ3v) is 5.90. The standard InChI is InChI=1S/C24H30N4/c1-23(2,3)21-12-18-20(28(21)7)10-16(14-26-18)13-24(4,5)22-11-17-15-25-9-8-19(17)27(22)6/h8-12,14-15H,13H2,1-7H3. The maximum Gasteiger partial charge on any atom is 0.0884 e. The van der Waals surface area contributed by atoms with Crippen molar-refractivity contribution in [2.75, 3.05) is 0 Å². The van der Waals surface area contributed by atoms with Gasteiger partial charge >= 0.3 is 0 Å². The first-order valence-electron chi connectivity index (χ1n) is 9.93. The highest BCUT2D eigenvalue weighted by atomic mass is 15.0. The Morgan fingerprint density at radius 2 is 1.57 bits per heavy atom. The fraction of sp³-hybridized carbons (Fsp3) is 0.417. The molecule has 0 aliphatic rings. The first kappa shape index (κ1) is 18.7. The minimum absolute atomic E-state index is 0.0127. The van der Waals surface area contributed by atoms with Gasteiger partial charge in [0.25, 0.3) is 0 Å². The lowest BCUT2D eigenvalue weighted by Gasteiger charge is -2.26. The minimum atomic E-state index is -0.0127. The van der Waals surface area contributed by atoms with Crippen LogP contribution in [0, 0.1) is 0 Å². The van der Waals surface area contributed by atoms with E-state index in [0.717, 1.165) is 11.9 Å². The van der Waals surface area contributed by atoms with Crippen molar-refractivity contribution in [2.24, 2.45) is 14.1 Å². The van der Waals surface area contributed by atoms with Crippen LogP contribution in [0.1, 0.15) is 51.6 Å². The first-order valence-corrected chi connectivity index (χ1v) is 9.93. The van der Waals surface area contributed by atoms with Crippen LogP contribution < -0.4 is 0 Å². The molecule has 0 N–H and O–H groups in total. The number of hydrogen-bond donors (Lipinski definition) is 0. The number of aryl methyl sites for hydroxylation is 2. The Morgan fingerprint density at radius 1 is 0.857 bits per heavy atom. The molecular formula is C24H30N4. The lowest BCUT2D eigenvalue weighted by molar-refractivity contribution is 0.489. The second kappa shape index (κ2) is 6.20. The van der Waals surface area contributed by atoms with Crippen LogP contribution in [-0.4, -0.2) is 19.1 Å². The molecule has 4 rings (SSSR count). The zero-order valence-corrected chi connectivity index (χ0v) is 18.0. The highest BCUT2D eigenvalue weighted by Gasteiger charge is 2.26. The summed E-state index contributed by atoms with van der Waals surface area (Å²) in [5.41, 5.74) is 7.49. The molecule has 0 bridgehead atoms. The van der Waals surface area contributed by atoms with Crippen LogP contribution in [0.2, 0.25) is 0 Å². The summed E-state index contributed by atoms with van der Waals surface area (Å²) in [4.78, 5) is 9.05. The van der Waals surface area contributed by atoms with E-state index < -0.39 is 0 Å². The van der Waals surface area contributed by atoms with Crippen molar-refractivity contribution in [3.63, 3.8) is 0 Å². The summed E-state index contributed by atoms with van der Waals surface area (Å²) in [7, 11) is 4.30. The van der Waals surface area contributed by atoms with E-state index in [1.54, 1.807) is 0 Å². The van der Waals surface area contributed by atoms with Gasteiger partial charge in [-0.25, -0.2) is 0 Å². The molecule has 28 heavy (non-hydrogen) atoms. The van der Waals surface area contributed by atoms with Gasteiger partial charge in [0.1, 0.15) is 0 Å². The maximum atomic E-state index is 4.78. The SMILES string of the molecule is Cn1c(C(C)(C)Cc2cnc3cc(C(C)(C)C)n(C)c3c2)cc2cnccc21. The van der Waals surface area contributed by atoms with Crippen molar-refractivity contribution in [1.29, 1.82) is 0 Å². The summed E-state index contributed by atoms with van der Waals surface area (Å²) in [5, 5.41) is 1.19. The third-order valence-electron chi connectivity index (χ3n) is 5.90. The Balaban J connectivity index is 1.74. The number of fused-ring (bicyclic) bond motifs is 2. The van der Waals surface area contributed by atoms with E-state index in [1.807, 2.05) is 18.6 Å². The number of hydrogen-bond acceptors (Lipinski definition) is 2. The van der Waals surface area contributed by atoms with Crippen molar-refractivity contribution in [3.8, 4) is 0 Å². The first-order chi connectivity index (χ1) is 13.1. The molecule has 4 heteroatoms. The fourth-order valence-electron chi connectivity index (χ4n) is 4.50. The second-order valence-corrected chi connectivity index (χ2v) is 9.67. The molecule has 0 saturated carbocycles. The molecule has 0 atom stereocenters. The van der Waals surface area contributed by atoms with Gasteiger partial charge in [0.2, 0.25) is 0 Å². The van der Waals surface area contributed by atoms with Crippen LogP contribution in [0.15, 0.2) is 42.9 Å². The molecule has 0 fully saturated rings. The molecule has 0 aliphatic heterocycles. The molecule has 146 valence electrons. The molecule has 4 nitrogen and oxygen atoms in total. The Hall–Kier alpha value is -2.62. The highest BCUT2D eigenvalue weighted by Crippen LogP contribution is 2.33. The molecule has 4 aromatic rings. The monoisotopic (exact) mass is 374 g/mol. The minimum Gasteiger partial charge on any atom is -0.347 e. The van der Waals surface area contributed by atoms with Gasteiger partial charge in [0.15, 0.2) is 0 Å². The summed E-state index contributed by atoms with van der Waals surface area (Å²) < 4.78 is 4.59. The fourth-order valence-corrected chi connectivity index (χ4v) is 4.50. The number of nitrogens with zero attached hydrogens (tertiary/aromatic N) is 4. The molecular weight excluding hydrogens is 344 g/mol. The van der Waals surface area contributed by atoms with Crippen LogP contribution >= 0.6 is 0 Å². The Kier molecular flexibility index (Phi) is 4.14. The van der Waals surface area contributed by atoms with E-state index >= 15 is 0 Å². The van der Waals surface area contributed by atoms with Crippen LogP contribution in [-0.2, 0) is 31.3 Å². The average Bonchev–Trinajstić information content (AvgIpc) is 3.13.